The minimum atomic E-state index is -0.406. The van der Waals surface area contributed by atoms with Gasteiger partial charge in [0.1, 0.15) is 17.3 Å². The number of rotatable bonds is 10. The first-order valence-corrected chi connectivity index (χ1v) is 14.0. The third-order valence-corrected chi connectivity index (χ3v) is 7.51. The molecule has 1 N–H and O–H groups in total. The number of urea groups is 1. The molecule has 0 saturated carbocycles. The fourth-order valence-electron chi connectivity index (χ4n) is 4.62. The summed E-state index contributed by atoms with van der Waals surface area (Å²) in [7, 11) is 4.00. The third kappa shape index (κ3) is 7.51. The molecule has 0 unspecified atom stereocenters. The Kier molecular flexibility index (Phi) is 9.51. The van der Waals surface area contributed by atoms with E-state index in [1.54, 1.807) is 17.8 Å². The molecule has 4 rings (SSSR count). The molecule has 202 valence electrons. The number of hydrogen-bond donors (Lipinski definition) is 1. The van der Waals surface area contributed by atoms with E-state index < -0.39 is 4.92 Å². The van der Waals surface area contributed by atoms with Gasteiger partial charge < -0.3 is 29.3 Å². The second-order valence-corrected chi connectivity index (χ2v) is 10.8. The van der Waals surface area contributed by atoms with Crippen LogP contribution in [0.5, 0.6) is 0 Å². The number of pyridine rings is 1. The molecule has 2 fully saturated rings. The van der Waals surface area contributed by atoms with Crippen LogP contribution in [0.15, 0.2) is 28.7 Å². The van der Waals surface area contributed by atoms with Gasteiger partial charge in [0.15, 0.2) is 0 Å². The second kappa shape index (κ2) is 13.0. The van der Waals surface area contributed by atoms with Crippen LogP contribution in [0.4, 0.5) is 22.1 Å². The Morgan fingerprint density at radius 2 is 1.76 bits per heavy atom. The second-order valence-electron chi connectivity index (χ2n) is 9.68. The fourth-order valence-corrected chi connectivity index (χ4v) is 5.37. The first-order chi connectivity index (χ1) is 17.9. The highest BCUT2D eigenvalue weighted by atomic mass is 32.2. The molecule has 0 atom stereocenters. The molecule has 0 bridgehead atoms. The molecule has 2 aliphatic heterocycles. The number of carbonyl (C=O) groups excluding carboxylic acids is 1. The number of hydrogen-bond acceptors (Lipinski definition) is 9. The van der Waals surface area contributed by atoms with Crippen LogP contribution in [0.25, 0.3) is 0 Å². The number of likely N-dealkylation sites (tertiary alicyclic amines) is 1. The van der Waals surface area contributed by atoms with Crippen molar-refractivity contribution >= 4 is 35.1 Å². The number of furan rings is 1. The largest absolute Gasteiger partial charge is 0.464 e. The zero-order valence-corrected chi connectivity index (χ0v) is 22.5. The van der Waals surface area contributed by atoms with Crippen LogP contribution in [0.1, 0.15) is 30.8 Å². The predicted molar refractivity (Wildman–Crippen MR) is 146 cm³/mol. The summed E-state index contributed by atoms with van der Waals surface area (Å²) in [6.45, 7) is 5.54. The summed E-state index contributed by atoms with van der Waals surface area (Å²) in [5.41, 5.74) is -0.0352. The minimum absolute atomic E-state index is 0.0352. The fraction of sp³-hybridized carbons (Fsp3) is 0.600. The van der Waals surface area contributed by atoms with Gasteiger partial charge in [0.2, 0.25) is 5.82 Å². The topological polar surface area (TPSA) is 111 Å². The number of carbonyl (C=O) groups is 1. The smallest absolute Gasteiger partial charge is 0.320 e. The highest BCUT2D eigenvalue weighted by Crippen LogP contribution is 2.27. The van der Waals surface area contributed by atoms with E-state index in [-0.39, 0.29) is 17.5 Å². The maximum atomic E-state index is 12.8. The van der Waals surface area contributed by atoms with Gasteiger partial charge in [-0.3, -0.25) is 10.1 Å². The van der Waals surface area contributed by atoms with E-state index in [9.17, 15) is 14.9 Å². The van der Waals surface area contributed by atoms with E-state index in [1.807, 2.05) is 36.0 Å². The molecular formula is C25H37N7O4S. The van der Waals surface area contributed by atoms with Gasteiger partial charge in [-0.05, 0) is 51.6 Å². The van der Waals surface area contributed by atoms with E-state index in [0.717, 1.165) is 55.5 Å². The van der Waals surface area contributed by atoms with E-state index in [0.29, 0.717) is 38.5 Å². The number of nitrogens with zero attached hydrogens (tertiary/aromatic N) is 6. The number of anilines is 2. The lowest BCUT2D eigenvalue weighted by molar-refractivity contribution is -0.384. The van der Waals surface area contributed by atoms with E-state index in [4.69, 9.17) is 4.42 Å². The van der Waals surface area contributed by atoms with Crippen molar-refractivity contribution in [3.8, 4) is 0 Å². The molecule has 12 heteroatoms. The quantitative estimate of drug-likeness (QED) is 0.279. The lowest BCUT2D eigenvalue weighted by Crippen LogP contribution is -2.53. The van der Waals surface area contributed by atoms with E-state index in [2.05, 4.69) is 20.1 Å². The van der Waals surface area contributed by atoms with Crippen molar-refractivity contribution in [2.45, 2.75) is 31.6 Å². The Morgan fingerprint density at radius 3 is 2.46 bits per heavy atom. The summed E-state index contributed by atoms with van der Waals surface area (Å²) in [4.78, 5) is 36.6. The molecule has 11 nitrogen and oxygen atoms in total. The number of piperazine rings is 1. The molecule has 37 heavy (non-hydrogen) atoms. The van der Waals surface area contributed by atoms with Crippen LogP contribution in [0.3, 0.4) is 0 Å². The number of amides is 2. The maximum absolute atomic E-state index is 12.8. The first kappa shape index (κ1) is 27.1. The molecular weight excluding hydrogens is 494 g/mol. The molecule has 2 aliphatic rings. The maximum Gasteiger partial charge on any atom is 0.320 e. The van der Waals surface area contributed by atoms with Crippen LogP contribution in [-0.4, -0.2) is 96.3 Å². The summed E-state index contributed by atoms with van der Waals surface area (Å²) in [5, 5.41) is 14.7. The molecule has 0 radical (unpaired) electrons. The van der Waals surface area contributed by atoms with Crippen molar-refractivity contribution in [1.82, 2.24) is 19.7 Å². The Balaban J connectivity index is 1.27. The molecule has 2 saturated heterocycles. The van der Waals surface area contributed by atoms with Gasteiger partial charge in [-0.15, -0.1) is 0 Å². The Hall–Kier alpha value is -2.99. The van der Waals surface area contributed by atoms with Crippen molar-refractivity contribution in [3.63, 3.8) is 0 Å². The van der Waals surface area contributed by atoms with Crippen molar-refractivity contribution in [3.05, 3.63) is 45.9 Å². The van der Waals surface area contributed by atoms with Crippen molar-refractivity contribution in [2.24, 2.45) is 0 Å². The zero-order chi connectivity index (χ0) is 26.2. The number of thioether (sulfide) groups is 1. The molecule has 2 amide bonds. The average Bonchev–Trinajstić information content (AvgIpc) is 3.34. The highest BCUT2D eigenvalue weighted by molar-refractivity contribution is 7.98. The van der Waals surface area contributed by atoms with E-state index in [1.165, 1.54) is 12.5 Å². The minimum Gasteiger partial charge on any atom is -0.464 e. The Labute approximate surface area is 222 Å². The Morgan fingerprint density at radius 1 is 1.05 bits per heavy atom. The number of piperidine rings is 1. The van der Waals surface area contributed by atoms with Crippen LogP contribution in [0, 0.1) is 10.1 Å². The van der Waals surface area contributed by atoms with E-state index >= 15 is 0 Å². The van der Waals surface area contributed by atoms with Crippen LogP contribution in [-0.2, 0) is 12.3 Å². The van der Waals surface area contributed by atoms with Gasteiger partial charge in [0.25, 0.3) is 0 Å². The highest BCUT2D eigenvalue weighted by Gasteiger charge is 2.27. The monoisotopic (exact) mass is 531 g/mol. The number of nitrogens with one attached hydrogen (secondary N) is 1. The van der Waals surface area contributed by atoms with Crippen molar-refractivity contribution < 1.29 is 14.1 Å². The Bertz CT molecular complexity index is 1050. The average molecular weight is 532 g/mol. The van der Waals surface area contributed by atoms with Crippen molar-refractivity contribution in [2.75, 3.05) is 75.9 Å². The lowest BCUT2D eigenvalue weighted by atomic mass is 10.1. The van der Waals surface area contributed by atoms with Gasteiger partial charge >= 0.3 is 11.7 Å². The molecule has 4 heterocycles. The third-order valence-electron chi connectivity index (χ3n) is 6.53. The summed E-state index contributed by atoms with van der Waals surface area (Å²) in [6, 6.07) is 7.32. The molecule has 2 aromatic heterocycles. The van der Waals surface area contributed by atoms with Gasteiger partial charge in [-0.1, -0.05) is 0 Å². The van der Waals surface area contributed by atoms with Gasteiger partial charge in [0.05, 0.1) is 17.2 Å². The van der Waals surface area contributed by atoms with Gasteiger partial charge in [-0.25, -0.2) is 9.78 Å². The van der Waals surface area contributed by atoms with Crippen LogP contribution in [0.2, 0.25) is 0 Å². The van der Waals surface area contributed by atoms with Crippen molar-refractivity contribution in [1.29, 1.82) is 0 Å². The molecule has 2 aromatic rings. The van der Waals surface area contributed by atoms with Crippen LogP contribution >= 0.6 is 11.8 Å². The lowest BCUT2D eigenvalue weighted by Gasteiger charge is -2.39. The van der Waals surface area contributed by atoms with Crippen LogP contribution < -0.4 is 10.2 Å². The zero-order valence-electron chi connectivity index (χ0n) is 21.7. The SMILES string of the molecule is CN(C)Cc1ccc(CSCCNc2nc(N3CCN(C(=O)N4CCCCC4)CC3)ccc2[N+](=O)[O-])o1. The standard InChI is InChI=1S/C25H37N7O4S/c1-28(2)18-20-6-7-21(36-20)19-37-17-10-26-24-22(32(34)35)8-9-23(27-24)29-13-15-31(16-14-29)25(33)30-11-4-3-5-12-30/h6-9H,3-5,10-19H2,1-2H3,(H,26,27). The molecule has 0 aromatic carbocycles. The molecule has 0 aliphatic carbocycles. The number of aromatic nitrogens is 1. The number of nitro groups is 1. The van der Waals surface area contributed by atoms with Gasteiger partial charge in [0, 0.05) is 57.6 Å². The normalized spacial score (nSPS) is 16.4. The first-order valence-electron chi connectivity index (χ1n) is 12.9. The molecule has 0 spiro atoms. The summed E-state index contributed by atoms with van der Waals surface area (Å²) in [6.07, 6.45) is 3.35. The summed E-state index contributed by atoms with van der Waals surface area (Å²) in [5.74, 6) is 4.32. The summed E-state index contributed by atoms with van der Waals surface area (Å²) < 4.78 is 5.83. The predicted octanol–water partition coefficient (Wildman–Crippen LogP) is 3.72. The van der Waals surface area contributed by atoms with Gasteiger partial charge in [-0.2, -0.15) is 11.8 Å². The summed E-state index contributed by atoms with van der Waals surface area (Å²) >= 11 is 1.70.